The first-order valence-corrected chi connectivity index (χ1v) is 11.1. The summed E-state index contributed by atoms with van der Waals surface area (Å²) in [7, 11) is 0. The lowest BCUT2D eigenvalue weighted by atomic mass is 9.98. The maximum absolute atomic E-state index is 12.7. The van der Waals surface area contributed by atoms with Gasteiger partial charge in [0.1, 0.15) is 5.75 Å². The normalized spacial score (nSPS) is 14.5. The van der Waals surface area contributed by atoms with E-state index < -0.39 is 0 Å². The van der Waals surface area contributed by atoms with Gasteiger partial charge >= 0.3 is 0 Å². The number of amides is 2. The van der Waals surface area contributed by atoms with Gasteiger partial charge in [-0.05, 0) is 68.5 Å². The molecule has 166 valence electrons. The SMILES string of the molecule is CC1CCN(C(=O)c2cccc(NC(=O)CNCc3ccc(OC(C)C)cc3)c2)CC1. The molecule has 3 rings (SSSR count). The summed E-state index contributed by atoms with van der Waals surface area (Å²) in [6.07, 6.45) is 2.23. The predicted octanol–water partition coefficient (Wildman–Crippen LogP) is 4.07. The number of ether oxygens (including phenoxy) is 1. The van der Waals surface area contributed by atoms with Gasteiger partial charge in [-0.15, -0.1) is 0 Å². The van der Waals surface area contributed by atoms with E-state index >= 15 is 0 Å². The van der Waals surface area contributed by atoms with Gasteiger partial charge in [0.2, 0.25) is 5.91 Å². The van der Waals surface area contributed by atoms with E-state index in [1.54, 1.807) is 18.2 Å². The van der Waals surface area contributed by atoms with Crippen molar-refractivity contribution < 1.29 is 14.3 Å². The van der Waals surface area contributed by atoms with Crippen LogP contribution in [0.2, 0.25) is 0 Å². The number of carbonyl (C=O) groups excluding carboxylic acids is 2. The van der Waals surface area contributed by atoms with E-state index in [9.17, 15) is 9.59 Å². The zero-order chi connectivity index (χ0) is 22.2. The summed E-state index contributed by atoms with van der Waals surface area (Å²) in [5.41, 5.74) is 2.33. The fourth-order valence-electron chi connectivity index (χ4n) is 3.61. The van der Waals surface area contributed by atoms with Gasteiger partial charge in [0, 0.05) is 30.9 Å². The summed E-state index contributed by atoms with van der Waals surface area (Å²) < 4.78 is 5.64. The second-order valence-corrected chi connectivity index (χ2v) is 8.52. The highest BCUT2D eigenvalue weighted by molar-refractivity contribution is 5.97. The third-order valence-electron chi connectivity index (χ3n) is 5.37. The highest BCUT2D eigenvalue weighted by Gasteiger charge is 2.21. The molecule has 0 aromatic heterocycles. The Kier molecular flexibility index (Phi) is 8.06. The quantitative estimate of drug-likeness (QED) is 0.671. The summed E-state index contributed by atoms with van der Waals surface area (Å²) in [5.74, 6) is 1.40. The van der Waals surface area contributed by atoms with Gasteiger partial charge in [0.15, 0.2) is 0 Å². The van der Waals surface area contributed by atoms with Crippen molar-refractivity contribution in [2.75, 3.05) is 25.0 Å². The molecule has 0 saturated carbocycles. The number of carbonyl (C=O) groups is 2. The second kappa shape index (κ2) is 11.0. The Hall–Kier alpha value is -2.86. The molecule has 1 saturated heterocycles. The molecular formula is C25H33N3O3. The molecule has 1 heterocycles. The molecule has 0 unspecified atom stereocenters. The van der Waals surface area contributed by atoms with Crippen LogP contribution in [0.4, 0.5) is 5.69 Å². The van der Waals surface area contributed by atoms with Crippen LogP contribution < -0.4 is 15.4 Å². The van der Waals surface area contributed by atoms with Gasteiger partial charge in [0.25, 0.3) is 5.91 Å². The standard InChI is InChI=1S/C25H33N3O3/c1-18(2)31-23-9-7-20(8-10-23)16-26-17-24(29)27-22-6-4-5-21(15-22)25(30)28-13-11-19(3)12-14-28/h4-10,15,18-19,26H,11-14,16-17H2,1-3H3,(H,27,29). The molecule has 1 aliphatic heterocycles. The molecule has 6 heteroatoms. The third-order valence-corrected chi connectivity index (χ3v) is 5.37. The zero-order valence-corrected chi connectivity index (χ0v) is 18.7. The topological polar surface area (TPSA) is 70.7 Å². The van der Waals surface area contributed by atoms with Crippen molar-refractivity contribution >= 4 is 17.5 Å². The number of nitrogens with one attached hydrogen (secondary N) is 2. The number of anilines is 1. The number of nitrogens with zero attached hydrogens (tertiary/aromatic N) is 1. The number of benzene rings is 2. The average molecular weight is 424 g/mol. The molecule has 2 N–H and O–H groups in total. The number of piperidine rings is 1. The first-order chi connectivity index (χ1) is 14.9. The first kappa shape index (κ1) is 22.8. The highest BCUT2D eigenvalue weighted by atomic mass is 16.5. The molecule has 0 aliphatic carbocycles. The van der Waals surface area contributed by atoms with Crippen molar-refractivity contribution in [3.8, 4) is 5.75 Å². The summed E-state index contributed by atoms with van der Waals surface area (Å²) in [6.45, 7) is 8.58. The number of hydrogen-bond acceptors (Lipinski definition) is 4. The third kappa shape index (κ3) is 7.10. The molecule has 0 radical (unpaired) electrons. The lowest BCUT2D eigenvalue weighted by Gasteiger charge is -2.30. The van der Waals surface area contributed by atoms with E-state index in [2.05, 4.69) is 17.6 Å². The Bertz CT molecular complexity index is 872. The van der Waals surface area contributed by atoms with E-state index in [1.807, 2.05) is 49.1 Å². The van der Waals surface area contributed by atoms with Crippen LogP contribution in [0.15, 0.2) is 48.5 Å². The van der Waals surface area contributed by atoms with Crippen LogP contribution in [-0.2, 0) is 11.3 Å². The summed E-state index contributed by atoms with van der Waals surface area (Å²) in [5, 5.41) is 6.02. The summed E-state index contributed by atoms with van der Waals surface area (Å²) in [6, 6.07) is 15.0. The highest BCUT2D eigenvalue weighted by Crippen LogP contribution is 2.19. The summed E-state index contributed by atoms with van der Waals surface area (Å²) >= 11 is 0. The van der Waals surface area contributed by atoms with E-state index in [4.69, 9.17) is 4.74 Å². The van der Waals surface area contributed by atoms with Crippen molar-refractivity contribution in [1.29, 1.82) is 0 Å². The number of likely N-dealkylation sites (tertiary alicyclic amines) is 1. The van der Waals surface area contributed by atoms with E-state index in [0.29, 0.717) is 23.7 Å². The molecule has 2 amide bonds. The zero-order valence-electron chi connectivity index (χ0n) is 18.7. The molecule has 2 aromatic rings. The molecule has 0 atom stereocenters. The minimum Gasteiger partial charge on any atom is -0.491 e. The van der Waals surface area contributed by atoms with Crippen molar-refractivity contribution in [3.63, 3.8) is 0 Å². The molecule has 6 nitrogen and oxygen atoms in total. The Balaban J connectivity index is 1.46. The van der Waals surface area contributed by atoms with Crippen LogP contribution in [0, 0.1) is 5.92 Å². The smallest absolute Gasteiger partial charge is 0.253 e. The molecule has 0 bridgehead atoms. The minimum atomic E-state index is -0.142. The van der Waals surface area contributed by atoms with Gasteiger partial charge in [-0.1, -0.05) is 25.1 Å². The second-order valence-electron chi connectivity index (χ2n) is 8.52. The van der Waals surface area contributed by atoms with Gasteiger partial charge in [-0.2, -0.15) is 0 Å². The van der Waals surface area contributed by atoms with Gasteiger partial charge in [0.05, 0.1) is 12.6 Å². The van der Waals surface area contributed by atoms with Crippen LogP contribution in [0.3, 0.4) is 0 Å². The van der Waals surface area contributed by atoms with Crippen molar-refractivity contribution in [1.82, 2.24) is 10.2 Å². The van der Waals surface area contributed by atoms with Crippen LogP contribution in [-0.4, -0.2) is 42.5 Å². The van der Waals surface area contributed by atoms with Crippen LogP contribution in [0.25, 0.3) is 0 Å². The monoisotopic (exact) mass is 423 g/mol. The fraction of sp³-hybridized carbons (Fsp3) is 0.440. The van der Waals surface area contributed by atoms with Crippen LogP contribution in [0.1, 0.15) is 49.5 Å². The van der Waals surface area contributed by atoms with Crippen LogP contribution >= 0.6 is 0 Å². The van der Waals surface area contributed by atoms with Crippen molar-refractivity contribution in [2.45, 2.75) is 46.3 Å². The number of rotatable bonds is 8. The Morgan fingerprint density at radius 1 is 1.10 bits per heavy atom. The van der Waals surface area contributed by atoms with Crippen molar-refractivity contribution in [3.05, 3.63) is 59.7 Å². The Morgan fingerprint density at radius 2 is 1.81 bits per heavy atom. The molecular weight excluding hydrogens is 390 g/mol. The van der Waals surface area contributed by atoms with E-state index in [1.165, 1.54) is 0 Å². The minimum absolute atomic E-state index is 0.0333. The molecule has 2 aromatic carbocycles. The molecule has 31 heavy (non-hydrogen) atoms. The number of hydrogen-bond donors (Lipinski definition) is 2. The average Bonchev–Trinajstić information content (AvgIpc) is 2.75. The molecule has 1 fully saturated rings. The Morgan fingerprint density at radius 3 is 2.48 bits per heavy atom. The van der Waals surface area contributed by atoms with E-state index in [0.717, 1.165) is 37.2 Å². The lowest BCUT2D eigenvalue weighted by Crippen LogP contribution is -2.37. The predicted molar refractivity (Wildman–Crippen MR) is 123 cm³/mol. The van der Waals surface area contributed by atoms with Gasteiger partial charge in [-0.3, -0.25) is 9.59 Å². The molecule has 0 spiro atoms. The Labute approximate surface area is 185 Å². The maximum atomic E-state index is 12.7. The summed E-state index contributed by atoms with van der Waals surface area (Å²) in [4.78, 5) is 27.0. The van der Waals surface area contributed by atoms with Gasteiger partial charge < -0.3 is 20.3 Å². The maximum Gasteiger partial charge on any atom is 0.253 e. The van der Waals surface area contributed by atoms with Crippen LogP contribution in [0.5, 0.6) is 5.75 Å². The van der Waals surface area contributed by atoms with E-state index in [-0.39, 0.29) is 24.5 Å². The van der Waals surface area contributed by atoms with Crippen molar-refractivity contribution in [2.24, 2.45) is 5.92 Å². The lowest BCUT2D eigenvalue weighted by molar-refractivity contribution is -0.115. The molecule has 1 aliphatic rings. The van der Waals surface area contributed by atoms with Gasteiger partial charge in [-0.25, -0.2) is 0 Å². The first-order valence-electron chi connectivity index (χ1n) is 11.1. The largest absolute Gasteiger partial charge is 0.491 e. The fourth-order valence-corrected chi connectivity index (χ4v) is 3.61.